The molecular formula is C20H24N2O2. The highest BCUT2D eigenvalue weighted by atomic mass is 16.6. The molecule has 3 N–H and O–H groups in total. The van der Waals surface area contributed by atoms with Crippen LogP contribution >= 0.6 is 0 Å². The second kappa shape index (κ2) is 6.65. The van der Waals surface area contributed by atoms with Crippen LogP contribution in [0.25, 0.3) is 0 Å². The normalized spacial score (nSPS) is 16.6. The lowest BCUT2D eigenvalue weighted by Gasteiger charge is -2.37. The number of hydrogen-bond acceptors (Lipinski definition) is 4. The Hall–Kier alpha value is -2.33. The Kier molecular flexibility index (Phi) is 4.58. The van der Waals surface area contributed by atoms with Crippen LogP contribution in [0.15, 0.2) is 42.5 Å². The Bertz CT molecular complexity index is 735. The van der Waals surface area contributed by atoms with Crippen molar-refractivity contribution in [1.82, 2.24) is 5.32 Å². The summed E-state index contributed by atoms with van der Waals surface area (Å²) in [7, 11) is 0. The molecule has 0 amide bonds. The van der Waals surface area contributed by atoms with Crippen LogP contribution in [0.3, 0.4) is 0 Å². The quantitative estimate of drug-likeness (QED) is 0.671. The second-order valence-corrected chi connectivity index (χ2v) is 6.52. The van der Waals surface area contributed by atoms with Gasteiger partial charge < -0.3 is 15.8 Å². The van der Waals surface area contributed by atoms with Gasteiger partial charge in [-0.3, -0.25) is 0 Å². The summed E-state index contributed by atoms with van der Waals surface area (Å²) in [6, 6.07) is 13.7. The van der Waals surface area contributed by atoms with Crippen LogP contribution in [0.5, 0.6) is 0 Å². The van der Waals surface area contributed by atoms with Gasteiger partial charge in [0.1, 0.15) is 5.60 Å². The van der Waals surface area contributed by atoms with Gasteiger partial charge in [-0.25, -0.2) is 4.79 Å². The number of nitrogens with one attached hydrogen (secondary N) is 1. The first kappa shape index (κ1) is 16.5. The summed E-state index contributed by atoms with van der Waals surface area (Å²) < 4.78 is 6.07. The van der Waals surface area contributed by atoms with Gasteiger partial charge in [0.05, 0.1) is 5.56 Å². The van der Waals surface area contributed by atoms with Gasteiger partial charge in [0, 0.05) is 18.5 Å². The van der Waals surface area contributed by atoms with Gasteiger partial charge in [0.15, 0.2) is 0 Å². The monoisotopic (exact) mass is 324 g/mol. The van der Waals surface area contributed by atoms with Crippen molar-refractivity contribution in [3.05, 3.63) is 64.7 Å². The van der Waals surface area contributed by atoms with Crippen LogP contribution in [0.1, 0.15) is 39.9 Å². The summed E-state index contributed by atoms with van der Waals surface area (Å²) in [5.74, 6) is -0.346. The zero-order chi connectivity index (χ0) is 17.2. The van der Waals surface area contributed by atoms with Crippen LogP contribution in [0, 0.1) is 13.8 Å². The summed E-state index contributed by atoms with van der Waals surface area (Å²) in [5, 5.41) is 3.33. The molecule has 0 radical (unpaired) electrons. The standard InChI is InChI=1S/C20H24N2O2/c1-14-12-17(18(21)13-15(14)2)19(23)24-20(8-10-22-11-9-20)16-6-4-3-5-7-16/h3-7,12-13,22H,8-11,21H2,1-2H3. The first-order valence-electron chi connectivity index (χ1n) is 8.38. The Morgan fingerprint density at radius 2 is 1.71 bits per heavy atom. The Morgan fingerprint density at radius 1 is 1.08 bits per heavy atom. The molecule has 0 bridgehead atoms. The molecule has 1 fully saturated rings. The predicted molar refractivity (Wildman–Crippen MR) is 96.0 cm³/mol. The number of esters is 1. The fourth-order valence-electron chi connectivity index (χ4n) is 3.27. The van der Waals surface area contributed by atoms with E-state index in [4.69, 9.17) is 10.5 Å². The first-order valence-corrected chi connectivity index (χ1v) is 8.38. The molecule has 126 valence electrons. The fourth-order valence-corrected chi connectivity index (χ4v) is 3.27. The summed E-state index contributed by atoms with van der Waals surface area (Å²) in [6.45, 7) is 5.61. The van der Waals surface area contributed by atoms with Crippen molar-refractivity contribution in [2.75, 3.05) is 18.8 Å². The average molecular weight is 324 g/mol. The Labute approximate surface area is 143 Å². The van der Waals surface area contributed by atoms with Crippen LogP contribution in [-0.4, -0.2) is 19.1 Å². The van der Waals surface area contributed by atoms with Gasteiger partial charge in [-0.1, -0.05) is 30.3 Å². The van der Waals surface area contributed by atoms with E-state index in [1.807, 2.05) is 56.3 Å². The van der Waals surface area contributed by atoms with Gasteiger partial charge in [-0.2, -0.15) is 0 Å². The van der Waals surface area contributed by atoms with E-state index < -0.39 is 5.60 Å². The molecule has 1 saturated heterocycles. The summed E-state index contributed by atoms with van der Waals surface area (Å²) in [4.78, 5) is 12.9. The number of anilines is 1. The lowest BCUT2D eigenvalue weighted by Crippen LogP contribution is -2.43. The van der Waals surface area contributed by atoms with Crippen molar-refractivity contribution in [2.24, 2.45) is 0 Å². The van der Waals surface area contributed by atoms with Gasteiger partial charge in [0.25, 0.3) is 0 Å². The van der Waals surface area contributed by atoms with Crippen LogP contribution in [0.4, 0.5) is 5.69 Å². The Morgan fingerprint density at radius 3 is 2.38 bits per heavy atom. The topological polar surface area (TPSA) is 64.4 Å². The number of hydrogen-bond donors (Lipinski definition) is 2. The highest BCUT2D eigenvalue weighted by Crippen LogP contribution is 2.36. The van der Waals surface area contributed by atoms with E-state index in [1.165, 1.54) is 0 Å². The molecule has 0 atom stereocenters. The molecule has 1 heterocycles. The van der Waals surface area contributed by atoms with Crippen molar-refractivity contribution >= 4 is 11.7 Å². The summed E-state index contributed by atoms with van der Waals surface area (Å²) in [5.41, 5.74) is 9.55. The molecule has 2 aromatic rings. The molecule has 1 aliphatic heterocycles. The van der Waals surface area contributed by atoms with E-state index in [0.29, 0.717) is 11.3 Å². The molecule has 0 unspecified atom stereocenters. The van der Waals surface area contributed by atoms with E-state index >= 15 is 0 Å². The maximum absolute atomic E-state index is 12.9. The summed E-state index contributed by atoms with van der Waals surface area (Å²) >= 11 is 0. The molecular weight excluding hydrogens is 300 g/mol. The second-order valence-electron chi connectivity index (χ2n) is 6.52. The predicted octanol–water partition coefficient (Wildman–Crippen LogP) is 3.32. The third-order valence-corrected chi connectivity index (χ3v) is 4.88. The maximum atomic E-state index is 12.9. The highest BCUT2D eigenvalue weighted by molar-refractivity contribution is 5.95. The van der Waals surface area contributed by atoms with Gasteiger partial charge in [-0.05, 0) is 55.8 Å². The molecule has 0 spiro atoms. The van der Waals surface area contributed by atoms with Crippen molar-refractivity contribution in [3.8, 4) is 0 Å². The summed E-state index contributed by atoms with van der Waals surface area (Å²) in [6.07, 6.45) is 1.51. The first-order chi connectivity index (χ1) is 11.5. The van der Waals surface area contributed by atoms with Gasteiger partial charge in [0.2, 0.25) is 0 Å². The maximum Gasteiger partial charge on any atom is 0.341 e. The largest absolute Gasteiger partial charge is 0.450 e. The number of benzene rings is 2. The van der Waals surface area contributed by atoms with E-state index in [-0.39, 0.29) is 5.97 Å². The number of carbonyl (C=O) groups is 1. The number of nitrogen functional groups attached to an aromatic ring is 1. The van der Waals surface area contributed by atoms with Gasteiger partial charge >= 0.3 is 5.97 Å². The van der Waals surface area contributed by atoms with Crippen molar-refractivity contribution in [3.63, 3.8) is 0 Å². The molecule has 24 heavy (non-hydrogen) atoms. The molecule has 2 aromatic carbocycles. The molecule has 3 rings (SSSR count). The number of aryl methyl sites for hydroxylation is 2. The SMILES string of the molecule is Cc1cc(N)c(C(=O)OC2(c3ccccc3)CCNCC2)cc1C. The number of rotatable bonds is 3. The van der Waals surface area contributed by atoms with Crippen LogP contribution < -0.4 is 11.1 Å². The highest BCUT2D eigenvalue weighted by Gasteiger charge is 2.38. The van der Waals surface area contributed by atoms with Crippen LogP contribution in [0.2, 0.25) is 0 Å². The lowest BCUT2D eigenvalue weighted by atomic mass is 9.84. The molecule has 4 nitrogen and oxygen atoms in total. The molecule has 0 saturated carbocycles. The minimum absolute atomic E-state index is 0.346. The van der Waals surface area contributed by atoms with E-state index in [0.717, 1.165) is 42.6 Å². The van der Waals surface area contributed by atoms with Crippen molar-refractivity contribution in [1.29, 1.82) is 0 Å². The Balaban J connectivity index is 1.94. The number of ether oxygens (including phenoxy) is 1. The molecule has 4 heteroatoms. The van der Waals surface area contributed by atoms with E-state index in [1.54, 1.807) is 0 Å². The van der Waals surface area contributed by atoms with Gasteiger partial charge in [-0.15, -0.1) is 0 Å². The number of nitrogens with two attached hydrogens (primary N) is 1. The lowest BCUT2D eigenvalue weighted by molar-refractivity contribution is -0.0377. The third-order valence-electron chi connectivity index (χ3n) is 4.88. The minimum Gasteiger partial charge on any atom is -0.450 e. The van der Waals surface area contributed by atoms with Crippen molar-refractivity contribution in [2.45, 2.75) is 32.3 Å². The van der Waals surface area contributed by atoms with Crippen LogP contribution in [-0.2, 0) is 10.3 Å². The third kappa shape index (κ3) is 3.15. The molecule has 0 aromatic heterocycles. The zero-order valence-corrected chi connectivity index (χ0v) is 14.3. The van der Waals surface area contributed by atoms with Crippen molar-refractivity contribution < 1.29 is 9.53 Å². The number of carbonyl (C=O) groups excluding carboxylic acids is 1. The van der Waals surface area contributed by atoms with E-state index in [2.05, 4.69) is 5.32 Å². The zero-order valence-electron chi connectivity index (χ0n) is 14.3. The number of piperidine rings is 1. The van der Waals surface area contributed by atoms with E-state index in [9.17, 15) is 4.79 Å². The minimum atomic E-state index is -0.588. The fraction of sp³-hybridized carbons (Fsp3) is 0.350. The smallest absolute Gasteiger partial charge is 0.341 e. The average Bonchev–Trinajstić information content (AvgIpc) is 2.59. The molecule has 1 aliphatic rings. The molecule has 0 aliphatic carbocycles.